The van der Waals surface area contributed by atoms with Gasteiger partial charge in [-0.15, -0.1) is 0 Å². The maximum Gasteiger partial charge on any atom is 0.244 e. The van der Waals surface area contributed by atoms with Crippen molar-refractivity contribution in [1.82, 2.24) is 10.2 Å². The first-order valence-electron chi connectivity index (χ1n) is 13.2. The van der Waals surface area contributed by atoms with Gasteiger partial charge in [-0.05, 0) is 62.1 Å². The van der Waals surface area contributed by atoms with Crippen LogP contribution < -0.4 is 9.62 Å². The summed E-state index contributed by atoms with van der Waals surface area (Å²) in [7, 11) is -3.81. The van der Waals surface area contributed by atoms with Crippen LogP contribution in [0.2, 0.25) is 0 Å². The van der Waals surface area contributed by atoms with E-state index in [4.69, 9.17) is 0 Å². The van der Waals surface area contributed by atoms with Crippen LogP contribution in [0.3, 0.4) is 0 Å². The number of hydrogen-bond acceptors (Lipinski definition) is 4. The maximum atomic E-state index is 14.2. The highest BCUT2D eigenvalue weighted by molar-refractivity contribution is 9.10. The van der Waals surface area contributed by atoms with Crippen LogP contribution in [0.15, 0.2) is 83.3 Å². The van der Waals surface area contributed by atoms with E-state index in [1.165, 1.54) is 4.90 Å². The van der Waals surface area contributed by atoms with Gasteiger partial charge >= 0.3 is 0 Å². The summed E-state index contributed by atoms with van der Waals surface area (Å²) in [6.45, 7) is 7.29. The van der Waals surface area contributed by atoms with Gasteiger partial charge in [0.05, 0.1) is 11.9 Å². The van der Waals surface area contributed by atoms with Crippen molar-refractivity contribution in [2.24, 2.45) is 0 Å². The SMILES string of the molecule is CCc1ccccc1N(CC(=O)N(Cc1cccc(Br)c1)C(Cc1ccccc1)C(=O)NC(C)(C)C)S(C)(=O)=O. The zero-order valence-corrected chi connectivity index (χ0v) is 26.1. The molecule has 0 aliphatic heterocycles. The normalized spacial score (nSPS) is 12.4. The van der Waals surface area contributed by atoms with Crippen molar-refractivity contribution in [3.63, 3.8) is 0 Å². The molecule has 0 aromatic heterocycles. The zero-order chi connectivity index (χ0) is 29.5. The molecule has 3 aromatic rings. The summed E-state index contributed by atoms with van der Waals surface area (Å²) in [5.41, 5.74) is 2.44. The molecule has 0 aliphatic carbocycles. The third-order valence-corrected chi connectivity index (χ3v) is 7.95. The highest BCUT2D eigenvalue weighted by Gasteiger charge is 2.34. The highest BCUT2D eigenvalue weighted by atomic mass is 79.9. The van der Waals surface area contributed by atoms with Gasteiger partial charge in [0.1, 0.15) is 12.6 Å². The van der Waals surface area contributed by atoms with E-state index >= 15 is 0 Å². The van der Waals surface area contributed by atoms with Gasteiger partial charge < -0.3 is 10.2 Å². The molecule has 0 bridgehead atoms. The molecule has 0 heterocycles. The Hall–Kier alpha value is -3.17. The number of aryl methyl sites for hydroxylation is 1. The molecule has 0 spiro atoms. The summed E-state index contributed by atoms with van der Waals surface area (Å²) in [4.78, 5) is 29.5. The molecule has 7 nitrogen and oxygen atoms in total. The van der Waals surface area contributed by atoms with Crippen LogP contribution >= 0.6 is 15.9 Å². The molecule has 0 saturated carbocycles. The van der Waals surface area contributed by atoms with Gasteiger partial charge in [0.15, 0.2) is 0 Å². The van der Waals surface area contributed by atoms with Gasteiger partial charge in [-0.2, -0.15) is 0 Å². The fourth-order valence-corrected chi connectivity index (χ4v) is 5.81. The Morgan fingerprint density at radius 3 is 2.15 bits per heavy atom. The summed E-state index contributed by atoms with van der Waals surface area (Å²) in [5.74, 6) is -0.777. The largest absolute Gasteiger partial charge is 0.350 e. The number of amides is 2. The Kier molecular flexibility index (Phi) is 10.6. The number of halogens is 1. The van der Waals surface area contributed by atoms with Gasteiger partial charge in [0.2, 0.25) is 21.8 Å². The lowest BCUT2D eigenvalue weighted by molar-refractivity contribution is -0.140. The maximum absolute atomic E-state index is 14.2. The minimum Gasteiger partial charge on any atom is -0.350 e. The number of anilines is 1. The van der Waals surface area contributed by atoms with Gasteiger partial charge in [-0.25, -0.2) is 8.42 Å². The number of sulfonamides is 1. The van der Waals surface area contributed by atoms with Crippen molar-refractivity contribution in [2.45, 2.75) is 58.7 Å². The van der Waals surface area contributed by atoms with Crippen molar-refractivity contribution in [1.29, 1.82) is 0 Å². The van der Waals surface area contributed by atoms with Gasteiger partial charge in [0, 0.05) is 23.0 Å². The summed E-state index contributed by atoms with van der Waals surface area (Å²) >= 11 is 3.49. The molecule has 0 aliphatic rings. The quantitative estimate of drug-likeness (QED) is 0.311. The fraction of sp³-hybridized carbons (Fsp3) is 0.355. The standard InChI is InChI=1S/C31H38BrN3O4S/c1-6-25-16-10-11-18-27(25)35(40(5,38)39)22-29(36)34(21-24-15-12-17-26(32)19-24)28(30(37)33-31(2,3)4)20-23-13-8-7-9-14-23/h7-19,28H,6,20-22H2,1-5H3,(H,33,37). The monoisotopic (exact) mass is 627 g/mol. The summed E-state index contributed by atoms with van der Waals surface area (Å²) < 4.78 is 28.0. The molecule has 214 valence electrons. The first-order chi connectivity index (χ1) is 18.8. The van der Waals surface area contributed by atoms with Crippen molar-refractivity contribution in [2.75, 3.05) is 17.1 Å². The molecular formula is C31H38BrN3O4S. The van der Waals surface area contributed by atoms with Crippen LogP contribution in [-0.4, -0.2) is 49.5 Å². The molecule has 1 atom stereocenters. The van der Waals surface area contributed by atoms with Gasteiger partial charge in [-0.3, -0.25) is 13.9 Å². The number of hydrogen-bond donors (Lipinski definition) is 1. The molecule has 0 radical (unpaired) electrons. The lowest BCUT2D eigenvalue weighted by Crippen LogP contribution is -2.56. The lowest BCUT2D eigenvalue weighted by atomic mass is 10.0. The Balaban J connectivity index is 2.10. The second-order valence-corrected chi connectivity index (χ2v) is 13.7. The fourth-order valence-electron chi connectivity index (χ4n) is 4.49. The summed E-state index contributed by atoms with van der Waals surface area (Å²) in [6, 6.07) is 23.3. The van der Waals surface area contributed by atoms with Crippen LogP contribution in [0.1, 0.15) is 44.4 Å². The van der Waals surface area contributed by atoms with E-state index in [2.05, 4.69) is 21.2 Å². The average molecular weight is 629 g/mol. The van der Waals surface area contributed by atoms with Gasteiger partial charge in [-0.1, -0.05) is 83.5 Å². The number of nitrogens with one attached hydrogen (secondary N) is 1. The number of para-hydroxylation sites is 1. The first kappa shape index (κ1) is 31.4. The minimum atomic E-state index is -3.81. The highest BCUT2D eigenvalue weighted by Crippen LogP contribution is 2.25. The van der Waals surface area contributed by atoms with E-state index in [1.807, 2.05) is 94.4 Å². The van der Waals surface area contributed by atoms with Crippen molar-refractivity contribution >= 4 is 43.5 Å². The number of nitrogens with zero attached hydrogens (tertiary/aromatic N) is 2. The average Bonchev–Trinajstić information content (AvgIpc) is 2.88. The zero-order valence-electron chi connectivity index (χ0n) is 23.7. The number of carbonyl (C=O) groups is 2. The Morgan fingerprint density at radius 2 is 1.55 bits per heavy atom. The number of carbonyl (C=O) groups excluding carboxylic acids is 2. The molecule has 3 rings (SSSR count). The second kappa shape index (κ2) is 13.5. The van der Waals surface area contributed by atoms with Gasteiger partial charge in [0.25, 0.3) is 0 Å². The molecule has 1 N–H and O–H groups in total. The Labute approximate surface area is 246 Å². The van der Waals surface area contributed by atoms with Crippen LogP contribution in [0.25, 0.3) is 0 Å². The molecule has 1 unspecified atom stereocenters. The number of rotatable bonds is 11. The molecule has 2 amide bonds. The molecule has 9 heteroatoms. The van der Waals surface area contributed by atoms with E-state index < -0.39 is 34.1 Å². The summed E-state index contributed by atoms with van der Waals surface area (Å²) in [6.07, 6.45) is 1.97. The number of benzene rings is 3. The van der Waals surface area contributed by atoms with Crippen molar-refractivity contribution < 1.29 is 18.0 Å². The molecule has 3 aromatic carbocycles. The lowest BCUT2D eigenvalue weighted by Gasteiger charge is -2.35. The molecule has 0 saturated heterocycles. The topological polar surface area (TPSA) is 86.8 Å². The summed E-state index contributed by atoms with van der Waals surface area (Å²) in [5, 5.41) is 3.03. The van der Waals surface area contributed by atoms with Crippen LogP contribution in [0.5, 0.6) is 0 Å². The first-order valence-corrected chi connectivity index (χ1v) is 15.9. The Morgan fingerprint density at radius 1 is 0.925 bits per heavy atom. The second-order valence-electron chi connectivity index (χ2n) is 10.8. The van der Waals surface area contributed by atoms with Crippen LogP contribution in [-0.2, 0) is 39.0 Å². The van der Waals surface area contributed by atoms with Crippen molar-refractivity contribution in [3.05, 3.63) is 100 Å². The minimum absolute atomic E-state index is 0.125. The predicted octanol–water partition coefficient (Wildman–Crippen LogP) is 5.33. The van der Waals surface area contributed by atoms with E-state index in [0.717, 1.165) is 31.7 Å². The molecule has 0 fully saturated rings. The van der Waals surface area contributed by atoms with E-state index in [1.54, 1.807) is 12.1 Å². The third-order valence-electron chi connectivity index (χ3n) is 6.33. The van der Waals surface area contributed by atoms with E-state index in [-0.39, 0.29) is 18.9 Å². The van der Waals surface area contributed by atoms with Crippen molar-refractivity contribution in [3.8, 4) is 0 Å². The third kappa shape index (κ3) is 8.93. The smallest absolute Gasteiger partial charge is 0.244 e. The predicted molar refractivity (Wildman–Crippen MR) is 165 cm³/mol. The van der Waals surface area contributed by atoms with E-state index in [0.29, 0.717) is 12.1 Å². The van der Waals surface area contributed by atoms with Crippen LogP contribution in [0.4, 0.5) is 5.69 Å². The van der Waals surface area contributed by atoms with Crippen LogP contribution in [0, 0.1) is 0 Å². The molecular weight excluding hydrogens is 590 g/mol. The molecule has 40 heavy (non-hydrogen) atoms. The van der Waals surface area contributed by atoms with E-state index in [9.17, 15) is 18.0 Å². The Bertz CT molecular complexity index is 1420.